The normalized spacial score (nSPS) is 12.2. The maximum atomic E-state index is 6.01. The monoisotopic (exact) mass is 352 g/mol. The van der Waals surface area contributed by atoms with E-state index in [0.717, 1.165) is 17.7 Å². The second-order valence-corrected chi connectivity index (χ2v) is 6.09. The highest BCUT2D eigenvalue weighted by Crippen LogP contribution is 2.37. The third kappa shape index (κ3) is 3.56. The van der Waals surface area contributed by atoms with Crippen molar-refractivity contribution < 1.29 is 4.74 Å². The quantitative estimate of drug-likeness (QED) is 0.619. The molecule has 1 unspecified atom stereocenters. The van der Waals surface area contributed by atoms with Gasteiger partial charge in [-0.1, -0.05) is 71.2 Å². The molecule has 2 aromatic carbocycles. The molecule has 0 bridgehead atoms. The van der Waals surface area contributed by atoms with E-state index < -0.39 is 0 Å². The van der Waals surface area contributed by atoms with Crippen molar-refractivity contribution in [3.8, 4) is 5.75 Å². The van der Waals surface area contributed by atoms with Crippen LogP contribution in [0.25, 0.3) is 0 Å². The van der Waals surface area contributed by atoms with Gasteiger partial charge in [-0.15, -0.1) is 0 Å². The highest BCUT2D eigenvalue weighted by atomic mass is 79.9. The van der Waals surface area contributed by atoms with Crippen molar-refractivity contribution in [3.05, 3.63) is 64.2 Å². The van der Waals surface area contributed by atoms with Gasteiger partial charge in [0.2, 0.25) is 0 Å². The number of hydrogen-bond acceptors (Lipinski definition) is 1. The van der Waals surface area contributed by atoms with E-state index in [1.54, 1.807) is 7.11 Å². The Morgan fingerprint density at radius 2 is 1.85 bits per heavy atom. The Morgan fingerprint density at radius 3 is 2.45 bits per heavy atom. The van der Waals surface area contributed by atoms with Crippen LogP contribution in [0, 0.1) is 0 Å². The van der Waals surface area contributed by atoms with Crippen LogP contribution in [0.2, 0.25) is 5.02 Å². The molecule has 2 rings (SSSR count). The first kappa shape index (κ1) is 15.4. The van der Waals surface area contributed by atoms with Gasteiger partial charge in [0.1, 0.15) is 5.75 Å². The number of ether oxygens (including phenoxy) is 1. The van der Waals surface area contributed by atoms with E-state index in [1.165, 1.54) is 17.5 Å². The Balaban J connectivity index is 2.28. The molecule has 0 saturated carbocycles. The second kappa shape index (κ2) is 7.14. The molecule has 0 saturated heterocycles. The standard InChI is InChI=1S/C17H18BrClO/c1-3-4-12-5-7-13(8-6-12)17(18)15-10-9-14(19)11-16(15)20-2/h5-11,17H,3-4H2,1-2H3. The van der Waals surface area contributed by atoms with Gasteiger partial charge < -0.3 is 4.74 Å². The van der Waals surface area contributed by atoms with Gasteiger partial charge in [0.05, 0.1) is 11.9 Å². The zero-order valence-electron chi connectivity index (χ0n) is 11.7. The van der Waals surface area contributed by atoms with E-state index in [4.69, 9.17) is 16.3 Å². The average molecular weight is 354 g/mol. The number of alkyl halides is 1. The van der Waals surface area contributed by atoms with Crippen LogP contribution >= 0.6 is 27.5 Å². The number of methoxy groups -OCH3 is 1. The molecular weight excluding hydrogens is 336 g/mol. The molecule has 1 atom stereocenters. The SMILES string of the molecule is CCCc1ccc(C(Br)c2ccc(Cl)cc2OC)cc1. The van der Waals surface area contributed by atoms with E-state index in [0.29, 0.717) is 5.02 Å². The zero-order valence-corrected chi connectivity index (χ0v) is 14.0. The lowest BCUT2D eigenvalue weighted by atomic mass is 10.0. The maximum absolute atomic E-state index is 6.01. The van der Waals surface area contributed by atoms with Crippen LogP contribution in [0.1, 0.15) is 34.9 Å². The summed E-state index contributed by atoms with van der Waals surface area (Å²) >= 11 is 9.76. The lowest BCUT2D eigenvalue weighted by Crippen LogP contribution is -1.97. The summed E-state index contributed by atoms with van der Waals surface area (Å²) in [4.78, 5) is 0.102. The third-order valence-electron chi connectivity index (χ3n) is 3.28. The molecule has 0 heterocycles. The van der Waals surface area contributed by atoms with Crippen molar-refractivity contribution >= 4 is 27.5 Å². The lowest BCUT2D eigenvalue weighted by molar-refractivity contribution is 0.410. The molecule has 0 radical (unpaired) electrons. The molecule has 3 heteroatoms. The first-order chi connectivity index (χ1) is 9.65. The first-order valence-electron chi connectivity index (χ1n) is 6.72. The highest BCUT2D eigenvalue weighted by molar-refractivity contribution is 9.09. The Hall–Kier alpha value is -0.990. The van der Waals surface area contributed by atoms with Gasteiger partial charge in [0, 0.05) is 10.6 Å². The van der Waals surface area contributed by atoms with Crippen molar-refractivity contribution in [2.45, 2.75) is 24.6 Å². The van der Waals surface area contributed by atoms with Crippen molar-refractivity contribution in [2.24, 2.45) is 0 Å². The zero-order chi connectivity index (χ0) is 14.5. The van der Waals surface area contributed by atoms with Crippen LogP contribution in [0.4, 0.5) is 0 Å². The van der Waals surface area contributed by atoms with Crippen LogP contribution in [-0.2, 0) is 6.42 Å². The minimum atomic E-state index is 0.102. The van der Waals surface area contributed by atoms with E-state index in [9.17, 15) is 0 Å². The first-order valence-corrected chi connectivity index (χ1v) is 8.01. The van der Waals surface area contributed by atoms with Crippen molar-refractivity contribution in [1.82, 2.24) is 0 Å². The Kier molecular flexibility index (Phi) is 5.50. The van der Waals surface area contributed by atoms with Crippen LogP contribution in [-0.4, -0.2) is 7.11 Å². The Bertz CT molecular complexity index is 566. The molecule has 0 fully saturated rings. The van der Waals surface area contributed by atoms with Crippen molar-refractivity contribution in [2.75, 3.05) is 7.11 Å². The maximum Gasteiger partial charge on any atom is 0.125 e. The molecule has 20 heavy (non-hydrogen) atoms. The minimum absolute atomic E-state index is 0.102. The predicted octanol–water partition coefficient (Wildman–Crippen LogP) is 5.79. The minimum Gasteiger partial charge on any atom is -0.496 e. The summed E-state index contributed by atoms with van der Waals surface area (Å²) in [5.41, 5.74) is 3.67. The molecule has 0 amide bonds. The molecule has 0 aromatic heterocycles. The molecule has 0 aliphatic carbocycles. The average Bonchev–Trinajstić information content (AvgIpc) is 2.47. The molecule has 0 aliphatic heterocycles. The molecular formula is C17H18BrClO. The van der Waals surface area contributed by atoms with Gasteiger partial charge in [-0.25, -0.2) is 0 Å². The summed E-state index contributed by atoms with van der Waals surface area (Å²) in [7, 11) is 1.67. The molecule has 0 aliphatic rings. The van der Waals surface area contributed by atoms with E-state index >= 15 is 0 Å². The van der Waals surface area contributed by atoms with Gasteiger partial charge in [-0.2, -0.15) is 0 Å². The molecule has 106 valence electrons. The lowest BCUT2D eigenvalue weighted by Gasteiger charge is -2.15. The van der Waals surface area contributed by atoms with Gasteiger partial charge in [0.25, 0.3) is 0 Å². The molecule has 2 aromatic rings. The largest absolute Gasteiger partial charge is 0.496 e. The van der Waals surface area contributed by atoms with Gasteiger partial charge in [-0.3, -0.25) is 0 Å². The predicted molar refractivity (Wildman–Crippen MR) is 89.2 cm³/mol. The summed E-state index contributed by atoms with van der Waals surface area (Å²) in [5.74, 6) is 0.803. The number of benzene rings is 2. The third-order valence-corrected chi connectivity index (χ3v) is 4.54. The summed E-state index contributed by atoms with van der Waals surface area (Å²) in [5, 5.41) is 0.684. The highest BCUT2D eigenvalue weighted by Gasteiger charge is 2.15. The van der Waals surface area contributed by atoms with Crippen LogP contribution in [0.15, 0.2) is 42.5 Å². The summed E-state index contributed by atoms with van der Waals surface area (Å²) < 4.78 is 5.42. The van der Waals surface area contributed by atoms with Crippen LogP contribution in [0.5, 0.6) is 5.75 Å². The van der Waals surface area contributed by atoms with E-state index in [2.05, 4.69) is 47.1 Å². The van der Waals surface area contributed by atoms with Gasteiger partial charge >= 0.3 is 0 Å². The van der Waals surface area contributed by atoms with Crippen molar-refractivity contribution in [1.29, 1.82) is 0 Å². The Labute approximate surface area is 134 Å². The van der Waals surface area contributed by atoms with Crippen molar-refractivity contribution in [3.63, 3.8) is 0 Å². The van der Waals surface area contributed by atoms with Gasteiger partial charge in [-0.05, 0) is 29.7 Å². The topological polar surface area (TPSA) is 9.23 Å². The summed E-state index contributed by atoms with van der Waals surface area (Å²) in [6, 6.07) is 14.4. The number of rotatable bonds is 5. The van der Waals surface area contributed by atoms with Crippen LogP contribution in [0.3, 0.4) is 0 Å². The van der Waals surface area contributed by atoms with E-state index in [-0.39, 0.29) is 4.83 Å². The number of hydrogen-bond donors (Lipinski definition) is 0. The van der Waals surface area contributed by atoms with E-state index in [1.807, 2.05) is 18.2 Å². The molecule has 0 N–H and O–H groups in total. The summed E-state index contributed by atoms with van der Waals surface area (Å²) in [6.07, 6.45) is 2.29. The number of halogens is 2. The summed E-state index contributed by atoms with van der Waals surface area (Å²) in [6.45, 7) is 2.19. The molecule has 1 nitrogen and oxygen atoms in total. The molecule has 0 spiro atoms. The van der Waals surface area contributed by atoms with Gasteiger partial charge in [0.15, 0.2) is 0 Å². The number of aryl methyl sites for hydroxylation is 1. The fourth-order valence-electron chi connectivity index (χ4n) is 2.22. The fraction of sp³-hybridized carbons (Fsp3) is 0.294. The Morgan fingerprint density at radius 1 is 1.15 bits per heavy atom. The van der Waals surface area contributed by atoms with Crippen LogP contribution < -0.4 is 4.74 Å². The second-order valence-electron chi connectivity index (χ2n) is 4.74. The fourth-order valence-corrected chi connectivity index (χ4v) is 3.06. The smallest absolute Gasteiger partial charge is 0.125 e.